The maximum atomic E-state index is 11.5. The van der Waals surface area contributed by atoms with Crippen LogP contribution in [0.25, 0.3) is 0 Å². The van der Waals surface area contributed by atoms with Gasteiger partial charge < -0.3 is 20.9 Å². The SMILES string of the molecule is COC(CNC(=O)C(N)C(C)C)CC(=O)O. The zero-order chi connectivity index (χ0) is 12.7. The summed E-state index contributed by atoms with van der Waals surface area (Å²) in [7, 11) is 1.40. The highest BCUT2D eigenvalue weighted by Gasteiger charge is 2.19. The summed E-state index contributed by atoms with van der Waals surface area (Å²) in [5.74, 6) is -1.21. The minimum Gasteiger partial charge on any atom is -0.481 e. The number of hydrogen-bond donors (Lipinski definition) is 3. The molecule has 0 saturated carbocycles. The van der Waals surface area contributed by atoms with Crippen molar-refractivity contribution in [1.82, 2.24) is 5.32 Å². The predicted octanol–water partition coefficient (Wildman–Crippen LogP) is -0.424. The van der Waals surface area contributed by atoms with Crippen molar-refractivity contribution in [2.45, 2.75) is 32.4 Å². The molecule has 1 amide bonds. The lowest BCUT2D eigenvalue weighted by Crippen LogP contribution is -2.46. The first-order valence-electron chi connectivity index (χ1n) is 5.16. The van der Waals surface area contributed by atoms with Gasteiger partial charge in [0.05, 0.1) is 18.6 Å². The Morgan fingerprint density at radius 1 is 1.44 bits per heavy atom. The summed E-state index contributed by atoms with van der Waals surface area (Å²) in [4.78, 5) is 21.9. The number of hydrogen-bond acceptors (Lipinski definition) is 4. The van der Waals surface area contributed by atoms with Crippen LogP contribution in [0.1, 0.15) is 20.3 Å². The quantitative estimate of drug-likeness (QED) is 0.553. The van der Waals surface area contributed by atoms with E-state index >= 15 is 0 Å². The number of amides is 1. The van der Waals surface area contributed by atoms with Gasteiger partial charge in [-0.1, -0.05) is 13.8 Å². The van der Waals surface area contributed by atoms with Gasteiger partial charge in [0.1, 0.15) is 0 Å². The topological polar surface area (TPSA) is 102 Å². The molecule has 0 rings (SSSR count). The van der Waals surface area contributed by atoms with E-state index in [1.807, 2.05) is 13.8 Å². The van der Waals surface area contributed by atoms with Crippen LogP contribution in [0.4, 0.5) is 0 Å². The monoisotopic (exact) mass is 232 g/mol. The zero-order valence-corrected chi connectivity index (χ0v) is 9.90. The van der Waals surface area contributed by atoms with Crippen molar-refractivity contribution >= 4 is 11.9 Å². The lowest BCUT2D eigenvalue weighted by Gasteiger charge is -2.18. The second kappa shape index (κ2) is 7.19. The van der Waals surface area contributed by atoms with E-state index in [-0.39, 0.29) is 24.8 Å². The normalized spacial score (nSPS) is 14.6. The van der Waals surface area contributed by atoms with Crippen molar-refractivity contribution in [1.29, 1.82) is 0 Å². The van der Waals surface area contributed by atoms with Crippen LogP contribution < -0.4 is 11.1 Å². The molecule has 2 atom stereocenters. The first kappa shape index (κ1) is 14.9. The molecule has 94 valence electrons. The largest absolute Gasteiger partial charge is 0.481 e. The molecule has 0 heterocycles. The predicted molar refractivity (Wildman–Crippen MR) is 58.9 cm³/mol. The van der Waals surface area contributed by atoms with Crippen molar-refractivity contribution in [3.63, 3.8) is 0 Å². The van der Waals surface area contributed by atoms with Crippen LogP contribution in [0.5, 0.6) is 0 Å². The van der Waals surface area contributed by atoms with Gasteiger partial charge in [-0.2, -0.15) is 0 Å². The third-order valence-electron chi connectivity index (χ3n) is 2.26. The Bertz CT molecular complexity index is 243. The molecule has 0 fully saturated rings. The van der Waals surface area contributed by atoms with Gasteiger partial charge in [-0.05, 0) is 5.92 Å². The van der Waals surface area contributed by atoms with Crippen molar-refractivity contribution in [3.8, 4) is 0 Å². The summed E-state index contributed by atoms with van der Waals surface area (Å²) >= 11 is 0. The van der Waals surface area contributed by atoms with Gasteiger partial charge in [0, 0.05) is 13.7 Å². The molecule has 4 N–H and O–H groups in total. The molecule has 0 aliphatic heterocycles. The number of carboxylic acids is 1. The summed E-state index contributed by atoms with van der Waals surface area (Å²) in [6.07, 6.45) is -0.672. The van der Waals surface area contributed by atoms with E-state index in [2.05, 4.69) is 5.32 Å². The van der Waals surface area contributed by atoms with Crippen LogP contribution in [0.15, 0.2) is 0 Å². The van der Waals surface area contributed by atoms with Gasteiger partial charge in [0.25, 0.3) is 0 Å². The number of ether oxygens (including phenoxy) is 1. The summed E-state index contributed by atoms with van der Waals surface area (Å²) in [6.45, 7) is 3.84. The van der Waals surface area contributed by atoms with Crippen LogP contribution >= 0.6 is 0 Å². The molecule has 0 aliphatic carbocycles. The maximum Gasteiger partial charge on any atom is 0.306 e. The molecule has 6 heteroatoms. The molecular formula is C10H20N2O4. The first-order chi connectivity index (χ1) is 7.38. The molecule has 0 radical (unpaired) electrons. The Labute approximate surface area is 95.1 Å². The van der Waals surface area contributed by atoms with Crippen LogP contribution in [-0.4, -0.2) is 42.8 Å². The average Bonchev–Trinajstić information content (AvgIpc) is 2.21. The van der Waals surface area contributed by atoms with E-state index < -0.39 is 18.1 Å². The third kappa shape index (κ3) is 5.67. The standard InChI is InChI=1S/C10H20N2O4/c1-6(2)9(11)10(15)12-5-7(16-3)4-8(13)14/h6-7,9H,4-5,11H2,1-3H3,(H,12,15)(H,13,14). The summed E-state index contributed by atoms with van der Waals surface area (Å²) in [5.41, 5.74) is 5.62. The Hall–Kier alpha value is -1.14. The number of carbonyl (C=O) groups excluding carboxylic acids is 1. The Balaban J connectivity index is 4.01. The van der Waals surface area contributed by atoms with Gasteiger partial charge in [-0.15, -0.1) is 0 Å². The number of methoxy groups -OCH3 is 1. The molecule has 0 aromatic rings. The minimum absolute atomic E-state index is 0.0421. The van der Waals surface area contributed by atoms with E-state index in [1.54, 1.807) is 0 Å². The van der Waals surface area contributed by atoms with E-state index in [1.165, 1.54) is 7.11 Å². The first-order valence-corrected chi connectivity index (χ1v) is 5.16. The molecule has 0 aromatic carbocycles. The molecule has 2 unspecified atom stereocenters. The van der Waals surface area contributed by atoms with Crippen LogP contribution in [0, 0.1) is 5.92 Å². The van der Waals surface area contributed by atoms with Crippen molar-refractivity contribution in [3.05, 3.63) is 0 Å². The van der Waals surface area contributed by atoms with Gasteiger partial charge >= 0.3 is 5.97 Å². The molecule has 0 bridgehead atoms. The van der Waals surface area contributed by atoms with E-state index in [0.29, 0.717) is 0 Å². The maximum absolute atomic E-state index is 11.5. The van der Waals surface area contributed by atoms with Gasteiger partial charge in [-0.25, -0.2) is 0 Å². The number of nitrogens with one attached hydrogen (secondary N) is 1. The summed E-state index contributed by atoms with van der Waals surface area (Å²) < 4.78 is 4.92. The highest BCUT2D eigenvalue weighted by Crippen LogP contribution is 1.99. The van der Waals surface area contributed by atoms with E-state index in [9.17, 15) is 9.59 Å². The van der Waals surface area contributed by atoms with E-state index in [4.69, 9.17) is 15.6 Å². The van der Waals surface area contributed by atoms with Crippen LogP contribution in [-0.2, 0) is 14.3 Å². The molecular weight excluding hydrogens is 212 g/mol. The number of rotatable bonds is 7. The van der Waals surface area contributed by atoms with Crippen LogP contribution in [0.2, 0.25) is 0 Å². The Kier molecular flexibility index (Phi) is 6.67. The number of nitrogens with two attached hydrogens (primary N) is 1. The fourth-order valence-corrected chi connectivity index (χ4v) is 1.07. The lowest BCUT2D eigenvalue weighted by molar-refractivity contribution is -0.140. The lowest BCUT2D eigenvalue weighted by atomic mass is 10.0. The number of carboxylic acid groups (broad SMARTS) is 1. The fourth-order valence-electron chi connectivity index (χ4n) is 1.07. The highest BCUT2D eigenvalue weighted by molar-refractivity contribution is 5.81. The third-order valence-corrected chi connectivity index (χ3v) is 2.26. The Morgan fingerprint density at radius 3 is 2.38 bits per heavy atom. The zero-order valence-electron chi connectivity index (χ0n) is 9.90. The molecule has 6 nitrogen and oxygen atoms in total. The molecule has 0 aliphatic rings. The van der Waals surface area contributed by atoms with Gasteiger partial charge in [0.2, 0.25) is 5.91 Å². The highest BCUT2D eigenvalue weighted by atomic mass is 16.5. The smallest absolute Gasteiger partial charge is 0.306 e. The van der Waals surface area contributed by atoms with Gasteiger partial charge in [-0.3, -0.25) is 9.59 Å². The van der Waals surface area contributed by atoms with Gasteiger partial charge in [0.15, 0.2) is 0 Å². The van der Waals surface area contributed by atoms with Crippen LogP contribution in [0.3, 0.4) is 0 Å². The Morgan fingerprint density at radius 2 is 2.00 bits per heavy atom. The minimum atomic E-state index is -0.964. The average molecular weight is 232 g/mol. The summed E-state index contributed by atoms with van der Waals surface area (Å²) in [5, 5.41) is 11.1. The van der Waals surface area contributed by atoms with Crippen molar-refractivity contribution < 1.29 is 19.4 Å². The van der Waals surface area contributed by atoms with Crippen molar-refractivity contribution in [2.75, 3.05) is 13.7 Å². The number of aliphatic carboxylic acids is 1. The fraction of sp³-hybridized carbons (Fsp3) is 0.800. The molecule has 0 aromatic heterocycles. The second-order valence-electron chi connectivity index (χ2n) is 3.97. The molecule has 0 saturated heterocycles. The van der Waals surface area contributed by atoms with Crippen molar-refractivity contribution in [2.24, 2.45) is 11.7 Å². The second-order valence-corrected chi connectivity index (χ2v) is 3.97. The molecule has 16 heavy (non-hydrogen) atoms. The number of carbonyl (C=O) groups is 2. The van der Waals surface area contributed by atoms with E-state index in [0.717, 1.165) is 0 Å². The summed E-state index contributed by atoms with van der Waals surface area (Å²) in [6, 6.07) is -0.581. The molecule has 0 spiro atoms.